The number of morpholine rings is 1. The zero-order valence-corrected chi connectivity index (χ0v) is 13.0. The smallest absolute Gasteiger partial charge is 0.283 e. The van der Waals surface area contributed by atoms with E-state index >= 15 is 0 Å². The highest BCUT2D eigenvalue weighted by Crippen LogP contribution is 2.34. The Morgan fingerprint density at radius 2 is 2.09 bits per heavy atom. The van der Waals surface area contributed by atoms with E-state index in [9.17, 15) is 14.9 Å². The Kier molecular flexibility index (Phi) is 6.30. The lowest BCUT2D eigenvalue weighted by Gasteiger charge is -2.26. The molecular weight excluding hydrogens is 304 g/mol. The first-order chi connectivity index (χ1) is 11.2. The van der Waals surface area contributed by atoms with Crippen molar-refractivity contribution in [1.29, 1.82) is 0 Å². The average Bonchev–Trinajstić information content (AvgIpc) is 2.58. The van der Waals surface area contributed by atoms with Crippen LogP contribution in [0.5, 0.6) is 11.5 Å². The molecule has 0 aliphatic carbocycles. The zero-order chi connectivity index (χ0) is 16.7. The topological polar surface area (TPSA) is 91.1 Å². The number of benzene rings is 1. The minimum atomic E-state index is -0.607. The molecule has 0 bridgehead atoms. The van der Waals surface area contributed by atoms with Crippen LogP contribution in [0.2, 0.25) is 0 Å². The molecule has 1 aliphatic heterocycles. The number of methoxy groups -OCH3 is 1. The number of hydrogen-bond acceptors (Lipinski definition) is 7. The second-order valence-corrected chi connectivity index (χ2v) is 5.09. The number of nitrogens with zero attached hydrogens (tertiary/aromatic N) is 2. The molecule has 8 heteroatoms. The molecule has 1 heterocycles. The molecular formula is C15H20N2O6. The number of nitro benzene ring substituents is 1. The van der Waals surface area contributed by atoms with Crippen molar-refractivity contribution in [3.05, 3.63) is 27.8 Å². The Morgan fingerprint density at radius 1 is 1.35 bits per heavy atom. The van der Waals surface area contributed by atoms with E-state index in [4.69, 9.17) is 14.2 Å². The molecule has 2 rings (SSSR count). The van der Waals surface area contributed by atoms with Gasteiger partial charge in [-0.1, -0.05) is 0 Å². The first-order valence-electron chi connectivity index (χ1n) is 7.40. The largest absolute Gasteiger partial charge is 0.493 e. The van der Waals surface area contributed by atoms with Gasteiger partial charge in [-0.25, -0.2) is 0 Å². The van der Waals surface area contributed by atoms with Crippen LogP contribution >= 0.6 is 0 Å². The second kappa shape index (κ2) is 8.44. The molecule has 0 amide bonds. The SMILES string of the molecule is COc1cc(C=O)c([N+](=O)[O-])cc1OCCCN1CCOCC1. The van der Waals surface area contributed by atoms with Crippen molar-refractivity contribution in [3.63, 3.8) is 0 Å². The fraction of sp³-hybridized carbons (Fsp3) is 0.533. The van der Waals surface area contributed by atoms with E-state index in [1.165, 1.54) is 19.2 Å². The Morgan fingerprint density at radius 3 is 2.70 bits per heavy atom. The molecule has 1 aromatic rings. The summed E-state index contributed by atoms with van der Waals surface area (Å²) in [6.45, 7) is 4.58. The molecule has 0 N–H and O–H groups in total. The van der Waals surface area contributed by atoms with Gasteiger partial charge in [-0.2, -0.15) is 0 Å². The third-order valence-corrected chi connectivity index (χ3v) is 3.62. The lowest BCUT2D eigenvalue weighted by atomic mass is 10.1. The summed E-state index contributed by atoms with van der Waals surface area (Å²) >= 11 is 0. The highest BCUT2D eigenvalue weighted by molar-refractivity contribution is 5.83. The maximum Gasteiger partial charge on any atom is 0.283 e. The Labute approximate surface area is 134 Å². The van der Waals surface area contributed by atoms with E-state index in [1.807, 2.05) is 0 Å². The lowest BCUT2D eigenvalue weighted by molar-refractivity contribution is -0.385. The molecule has 1 saturated heterocycles. The van der Waals surface area contributed by atoms with Crippen molar-refractivity contribution in [1.82, 2.24) is 4.90 Å². The number of rotatable bonds is 8. The van der Waals surface area contributed by atoms with Gasteiger partial charge in [0.15, 0.2) is 17.8 Å². The van der Waals surface area contributed by atoms with E-state index in [0.29, 0.717) is 18.6 Å². The van der Waals surface area contributed by atoms with E-state index in [-0.39, 0.29) is 17.0 Å². The van der Waals surface area contributed by atoms with Crippen molar-refractivity contribution >= 4 is 12.0 Å². The minimum Gasteiger partial charge on any atom is -0.493 e. The van der Waals surface area contributed by atoms with Gasteiger partial charge in [0.25, 0.3) is 5.69 Å². The van der Waals surface area contributed by atoms with Gasteiger partial charge in [-0.3, -0.25) is 19.8 Å². The normalized spacial score (nSPS) is 15.2. The van der Waals surface area contributed by atoms with E-state index in [1.54, 1.807) is 0 Å². The van der Waals surface area contributed by atoms with Crippen LogP contribution in [0.1, 0.15) is 16.8 Å². The molecule has 8 nitrogen and oxygen atoms in total. The molecule has 0 atom stereocenters. The van der Waals surface area contributed by atoms with Gasteiger partial charge in [0.2, 0.25) is 0 Å². The van der Waals surface area contributed by atoms with Gasteiger partial charge in [-0.05, 0) is 6.42 Å². The Balaban J connectivity index is 1.96. The van der Waals surface area contributed by atoms with Crippen molar-refractivity contribution in [2.24, 2.45) is 0 Å². The fourth-order valence-electron chi connectivity index (χ4n) is 2.38. The van der Waals surface area contributed by atoms with Crippen molar-refractivity contribution in [3.8, 4) is 11.5 Å². The number of nitro groups is 1. The van der Waals surface area contributed by atoms with Crippen molar-refractivity contribution in [2.75, 3.05) is 46.6 Å². The van der Waals surface area contributed by atoms with E-state index < -0.39 is 4.92 Å². The summed E-state index contributed by atoms with van der Waals surface area (Å²) in [6, 6.07) is 2.56. The van der Waals surface area contributed by atoms with Gasteiger partial charge < -0.3 is 14.2 Å². The fourth-order valence-corrected chi connectivity index (χ4v) is 2.38. The Hall–Kier alpha value is -2.19. The van der Waals surface area contributed by atoms with Crippen molar-refractivity contribution in [2.45, 2.75) is 6.42 Å². The van der Waals surface area contributed by atoms with Gasteiger partial charge >= 0.3 is 0 Å². The van der Waals surface area contributed by atoms with Gasteiger partial charge in [0.1, 0.15) is 0 Å². The number of carbonyl (C=O) groups is 1. The molecule has 0 spiro atoms. The number of aldehydes is 1. The predicted molar refractivity (Wildman–Crippen MR) is 82.4 cm³/mol. The third-order valence-electron chi connectivity index (χ3n) is 3.62. The van der Waals surface area contributed by atoms with Crippen molar-refractivity contribution < 1.29 is 23.9 Å². The third kappa shape index (κ3) is 4.64. The van der Waals surface area contributed by atoms with Gasteiger partial charge in [0.05, 0.1) is 43.5 Å². The summed E-state index contributed by atoms with van der Waals surface area (Å²) in [5, 5.41) is 11.0. The predicted octanol–water partition coefficient (Wildman–Crippen LogP) is 1.52. The maximum atomic E-state index is 11.0. The molecule has 1 fully saturated rings. The van der Waals surface area contributed by atoms with Crippen LogP contribution < -0.4 is 9.47 Å². The molecule has 0 saturated carbocycles. The maximum absolute atomic E-state index is 11.0. The zero-order valence-electron chi connectivity index (χ0n) is 13.0. The van der Waals surface area contributed by atoms with Crippen LogP contribution in [0.4, 0.5) is 5.69 Å². The minimum absolute atomic E-state index is 0.0347. The number of hydrogen-bond donors (Lipinski definition) is 0. The van der Waals surface area contributed by atoms with Gasteiger partial charge in [-0.15, -0.1) is 0 Å². The second-order valence-electron chi connectivity index (χ2n) is 5.09. The quantitative estimate of drug-likeness (QED) is 0.310. The van der Waals surface area contributed by atoms with Crippen LogP contribution in [0, 0.1) is 10.1 Å². The van der Waals surface area contributed by atoms with Crippen LogP contribution in [-0.2, 0) is 4.74 Å². The molecule has 0 unspecified atom stereocenters. The number of carbonyl (C=O) groups excluding carboxylic acids is 1. The Bertz CT molecular complexity index is 557. The van der Waals surface area contributed by atoms with E-state index in [2.05, 4.69) is 4.90 Å². The monoisotopic (exact) mass is 324 g/mol. The first-order valence-corrected chi connectivity index (χ1v) is 7.40. The molecule has 23 heavy (non-hydrogen) atoms. The van der Waals surface area contributed by atoms with E-state index in [0.717, 1.165) is 39.3 Å². The summed E-state index contributed by atoms with van der Waals surface area (Å²) in [7, 11) is 1.43. The summed E-state index contributed by atoms with van der Waals surface area (Å²) < 4.78 is 16.0. The first kappa shape index (κ1) is 17.2. The summed E-state index contributed by atoms with van der Waals surface area (Å²) in [5.74, 6) is 0.579. The molecule has 126 valence electrons. The van der Waals surface area contributed by atoms with Gasteiger partial charge in [0, 0.05) is 25.7 Å². The van der Waals surface area contributed by atoms with Crippen LogP contribution in [0.15, 0.2) is 12.1 Å². The highest BCUT2D eigenvalue weighted by Gasteiger charge is 2.19. The summed E-state index contributed by atoms with van der Waals surface area (Å²) in [5.41, 5.74) is -0.323. The molecule has 0 aromatic heterocycles. The summed E-state index contributed by atoms with van der Waals surface area (Å²) in [4.78, 5) is 23.6. The summed E-state index contributed by atoms with van der Waals surface area (Å²) in [6.07, 6.45) is 1.22. The van der Waals surface area contributed by atoms with Crippen LogP contribution in [0.3, 0.4) is 0 Å². The highest BCUT2D eigenvalue weighted by atomic mass is 16.6. The van der Waals surface area contributed by atoms with Crippen LogP contribution in [-0.4, -0.2) is 62.7 Å². The molecule has 1 aromatic carbocycles. The molecule has 0 radical (unpaired) electrons. The number of ether oxygens (including phenoxy) is 3. The average molecular weight is 324 g/mol. The van der Waals surface area contributed by atoms with Crippen LogP contribution in [0.25, 0.3) is 0 Å². The molecule has 1 aliphatic rings. The standard InChI is InChI=1S/C15H20N2O6/c1-21-14-9-12(11-18)13(17(19)20)10-15(14)23-6-2-3-16-4-7-22-8-5-16/h9-11H,2-8H2,1H3. The lowest BCUT2D eigenvalue weighted by Crippen LogP contribution is -2.37.